The highest BCUT2D eigenvalue weighted by molar-refractivity contribution is 7.18. The van der Waals surface area contributed by atoms with E-state index in [0.717, 1.165) is 15.8 Å². The van der Waals surface area contributed by atoms with Crippen LogP contribution in [0, 0.1) is 19.3 Å². The molecular formula is C12H11N3O2S. The Morgan fingerprint density at radius 3 is 3.06 bits per heavy atom. The fourth-order valence-electron chi connectivity index (χ4n) is 1.66. The summed E-state index contributed by atoms with van der Waals surface area (Å²) in [5.41, 5.74) is 1.90. The van der Waals surface area contributed by atoms with Gasteiger partial charge < -0.3 is 10.0 Å². The average molecular weight is 261 g/mol. The van der Waals surface area contributed by atoms with Crippen LogP contribution in [0.3, 0.4) is 0 Å². The fourth-order valence-corrected chi connectivity index (χ4v) is 2.68. The molecule has 0 fully saturated rings. The van der Waals surface area contributed by atoms with Gasteiger partial charge in [-0.15, -0.1) is 17.8 Å². The van der Waals surface area contributed by atoms with Crippen LogP contribution < -0.4 is 4.90 Å². The second kappa shape index (κ2) is 5.02. The molecule has 0 amide bonds. The minimum absolute atomic E-state index is 0.173. The van der Waals surface area contributed by atoms with E-state index in [9.17, 15) is 4.79 Å². The molecule has 5 nitrogen and oxygen atoms in total. The number of rotatable bonds is 4. The van der Waals surface area contributed by atoms with Crippen molar-refractivity contribution in [3.05, 3.63) is 17.3 Å². The van der Waals surface area contributed by atoms with Gasteiger partial charge in [0.15, 0.2) is 5.82 Å². The molecule has 0 aliphatic rings. The molecular weight excluding hydrogens is 250 g/mol. The molecule has 0 saturated carbocycles. The summed E-state index contributed by atoms with van der Waals surface area (Å²) in [5.74, 6) is 2.09. The van der Waals surface area contributed by atoms with Crippen molar-refractivity contribution < 1.29 is 9.90 Å². The lowest BCUT2D eigenvalue weighted by Gasteiger charge is -2.19. The van der Waals surface area contributed by atoms with E-state index in [4.69, 9.17) is 11.5 Å². The van der Waals surface area contributed by atoms with Crippen molar-refractivity contribution >= 4 is 33.3 Å². The van der Waals surface area contributed by atoms with Gasteiger partial charge in [-0.05, 0) is 17.9 Å². The normalized spacial score (nSPS) is 10.2. The van der Waals surface area contributed by atoms with Crippen LogP contribution in [0.5, 0.6) is 0 Å². The molecule has 0 unspecified atom stereocenters. The SMILES string of the molecule is C#CCN(CC(=O)O)c1ncnc2c(C)csc12. The summed E-state index contributed by atoms with van der Waals surface area (Å²) >= 11 is 1.49. The predicted molar refractivity (Wildman–Crippen MR) is 70.8 cm³/mol. The third kappa shape index (κ3) is 2.26. The first-order valence-electron chi connectivity index (χ1n) is 5.22. The van der Waals surface area contributed by atoms with Crippen LogP contribution in [0.25, 0.3) is 10.2 Å². The lowest BCUT2D eigenvalue weighted by atomic mass is 10.3. The van der Waals surface area contributed by atoms with Gasteiger partial charge in [0.1, 0.15) is 12.9 Å². The molecule has 18 heavy (non-hydrogen) atoms. The second-order valence-corrected chi connectivity index (χ2v) is 4.63. The van der Waals surface area contributed by atoms with E-state index in [2.05, 4.69) is 15.9 Å². The number of fused-ring (bicyclic) bond motifs is 1. The smallest absolute Gasteiger partial charge is 0.323 e. The molecule has 2 rings (SSSR count). The first-order chi connectivity index (χ1) is 8.63. The lowest BCUT2D eigenvalue weighted by Crippen LogP contribution is -2.30. The van der Waals surface area contributed by atoms with E-state index >= 15 is 0 Å². The molecule has 1 N–H and O–H groups in total. The zero-order valence-corrected chi connectivity index (χ0v) is 10.6. The van der Waals surface area contributed by atoms with Crippen LogP contribution in [-0.2, 0) is 4.79 Å². The van der Waals surface area contributed by atoms with Gasteiger partial charge in [-0.3, -0.25) is 4.79 Å². The molecule has 0 spiro atoms. The van der Waals surface area contributed by atoms with Crippen LogP contribution in [-0.4, -0.2) is 34.1 Å². The molecule has 6 heteroatoms. The molecule has 0 aliphatic carbocycles. The summed E-state index contributed by atoms with van der Waals surface area (Å²) in [4.78, 5) is 20.8. The average Bonchev–Trinajstić information content (AvgIpc) is 2.70. The van der Waals surface area contributed by atoms with Crippen molar-refractivity contribution in [1.82, 2.24) is 9.97 Å². The molecule has 0 bridgehead atoms. The number of carboxylic acids is 1. The first-order valence-corrected chi connectivity index (χ1v) is 6.10. The summed E-state index contributed by atoms with van der Waals surface area (Å²) in [6, 6.07) is 0. The van der Waals surface area contributed by atoms with Gasteiger partial charge in [-0.25, -0.2) is 9.97 Å². The van der Waals surface area contributed by atoms with E-state index in [0.29, 0.717) is 5.82 Å². The summed E-state index contributed by atoms with van der Waals surface area (Å²) in [5, 5.41) is 10.9. The number of carboxylic acid groups (broad SMARTS) is 1. The number of terminal acetylenes is 1. The monoisotopic (exact) mass is 261 g/mol. The van der Waals surface area contributed by atoms with Crippen molar-refractivity contribution in [1.29, 1.82) is 0 Å². The van der Waals surface area contributed by atoms with E-state index in [1.54, 1.807) is 4.90 Å². The molecule has 0 atom stereocenters. The molecule has 0 aliphatic heterocycles. The zero-order chi connectivity index (χ0) is 13.1. The summed E-state index contributed by atoms with van der Waals surface area (Å²) in [7, 11) is 0. The van der Waals surface area contributed by atoms with Crippen molar-refractivity contribution in [2.24, 2.45) is 0 Å². The number of aliphatic carboxylic acids is 1. The van der Waals surface area contributed by atoms with Crippen LogP contribution in [0.4, 0.5) is 5.82 Å². The number of nitrogens with zero attached hydrogens (tertiary/aromatic N) is 3. The molecule has 0 radical (unpaired) electrons. The predicted octanol–water partition coefficient (Wildman–Crippen LogP) is 1.52. The van der Waals surface area contributed by atoms with Gasteiger partial charge >= 0.3 is 5.97 Å². The highest BCUT2D eigenvalue weighted by Gasteiger charge is 2.16. The van der Waals surface area contributed by atoms with E-state index in [-0.39, 0.29) is 13.1 Å². The Bertz CT molecular complexity index is 630. The molecule has 2 aromatic heterocycles. The highest BCUT2D eigenvalue weighted by atomic mass is 32.1. The second-order valence-electron chi connectivity index (χ2n) is 3.75. The van der Waals surface area contributed by atoms with Gasteiger partial charge in [0.25, 0.3) is 0 Å². The summed E-state index contributed by atoms with van der Waals surface area (Å²) in [6.07, 6.45) is 6.70. The highest BCUT2D eigenvalue weighted by Crippen LogP contribution is 2.30. The Kier molecular flexibility index (Phi) is 3.44. The number of aromatic nitrogens is 2. The van der Waals surface area contributed by atoms with Gasteiger partial charge in [-0.2, -0.15) is 0 Å². The zero-order valence-electron chi connectivity index (χ0n) is 9.75. The first kappa shape index (κ1) is 12.3. The third-order valence-electron chi connectivity index (χ3n) is 2.42. The maximum atomic E-state index is 10.8. The lowest BCUT2D eigenvalue weighted by molar-refractivity contribution is -0.135. The summed E-state index contributed by atoms with van der Waals surface area (Å²) in [6.45, 7) is 1.99. The quantitative estimate of drug-likeness (QED) is 0.845. The Hall–Kier alpha value is -2.13. The molecule has 2 heterocycles. The largest absolute Gasteiger partial charge is 0.480 e. The summed E-state index contributed by atoms with van der Waals surface area (Å²) < 4.78 is 0.867. The van der Waals surface area contributed by atoms with Gasteiger partial charge in [-0.1, -0.05) is 5.92 Å². The Balaban J connectivity index is 2.50. The minimum Gasteiger partial charge on any atom is -0.480 e. The van der Waals surface area contributed by atoms with Crippen molar-refractivity contribution in [2.75, 3.05) is 18.0 Å². The maximum absolute atomic E-state index is 10.8. The Morgan fingerprint density at radius 1 is 1.61 bits per heavy atom. The van der Waals surface area contributed by atoms with Crippen LogP contribution >= 0.6 is 11.3 Å². The number of hydrogen-bond donors (Lipinski definition) is 1. The topological polar surface area (TPSA) is 66.3 Å². The third-order valence-corrected chi connectivity index (χ3v) is 3.50. The van der Waals surface area contributed by atoms with Gasteiger partial charge in [0.05, 0.1) is 16.8 Å². The number of thiophene rings is 1. The number of aryl methyl sites for hydroxylation is 1. The standard InChI is InChI=1S/C12H11N3O2S/c1-3-4-15(5-9(16)17)12-11-10(13-7-14-12)8(2)6-18-11/h1,6-7H,4-5H2,2H3,(H,16,17). The Labute approximate surface area is 108 Å². The Morgan fingerprint density at radius 2 is 2.39 bits per heavy atom. The van der Waals surface area contributed by atoms with Crippen LogP contribution in [0.1, 0.15) is 5.56 Å². The van der Waals surface area contributed by atoms with E-state index in [1.165, 1.54) is 17.7 Å². The molecule has 0 aromatic carbocycles. The van der Waals surface area contributed by atoms with Crippen molar-refractivity contribution in [3.63, 3.8) is 0 Å². The van der Waals surface area contributed by atoms with Gasteiger partial charge in [0.2, 0.25) is 0 Å². The molecule has 2 aromatic rings. The van der Waals surface area contributed by atoms with Crippen LogP contribution in [0.15, 0.2) is 11.7 Å². The van der Waals surface area contributed by atoms with E-state index < -0.39 is 5.97 Å². The minimum atomic E-state index is -0.940. The van der Waals surface area contributed by atoms with Crippen molar-refractivity contribution in [2.45, 2.75) is 6.92 Å². The van der Waals surface area contributed by atoms with Crippen LogP contribution in [0.2, 0.25) is 0 Å². The van der Waals surface area contributed by atoms with Crippen molar-refractivity contribution in [3.8, 4) is 12.3 Å². The molecule has 92 valence electrons. The van der Waals surface area contributed by atoms with E-state index in [1.807, 2.05) is 12.3 Å². The maximum Gasteiger partial charge on any atom is 0.323 e. The van der Waals surface area contributed by atoms with Gasteiger partial charge in [0, 0.05) is 0 Å². The number of carbonyl (C=O) groups is 1. The molecule has 0 saturated heterocycles. The number of hydrogen-bond acceptors (Lipinski definition) is 5. The number of anilines is 1. The fraction of sp³-hybridized carbons (Fsp3) is 0.250.